The Balaban J connectivity index is 1.51. The number of aromatic carboxylic acids is 1. The molecular weight excluding hydrogens is 604 g/mol. The van der Waals surface area contributed by atoms with Crippen molar-refractivity contribution >= 4 is 27.6 Å². The second-order valence-electron chi connectivity index (χ2n) is 10.5. The number of methoxy groups -OCH3 is 1. The Bertz CT molecular complexity index is 1910. The molecule has 0 saturated heterocycles. The summed E-state index contributed by atoms with van der Waals surface area (Å²) in [6, 6.07) is 35.8. The summed E-state index contributed by atoms with van der Waals surface area (Å²) >= 11 is 0. The predicted molar refractivity (Wildman–Crippen MR) is 175 cm³/mol. The third-order valence-corrected chi connectivity index (χ3v) is 9.24. The molecule has 0 heterocycles. The zero-order valence-corrected chi connectivity index (χ0v) is 25.8. The van der Waals surface area contributed by atoms with E-state index < -0.39 is 39.8 Å². The number of phenols is 1. The van der Waals surface area contributed by atoms with E-state index in [2.05, 4.69) is 0 Å². The first-order valence-electron chi connectivity index (χ1n) is 14.3. The van der Waals surface area contributed by atoms with Crippen LogP contribution in [0, 0.1) is 0 Å². The second-order valence-corrected chi connectivity index (χ2v) is 12.4. The molecule has 5 rings (SSSR count). The molecule has 9 nitrogen and oxygen atoms in total. The Labute approximate surface area is 267 Å². The molecule has 5 aromatic carbocycles. The van der Waals surface area contributed by atoms with E-state index in [-0.39, 0.29) is 23.7 Å². The average molecular weight is 637 g/mol. The highest BCUT2D eigenvalue weighted by atomic mass is 32.2. The zero-order valence-electron chi connectivity index (χ0n) is 25.0. The molecule has 0 aromatic heterocycles. The summed E-state index contributed by atoms with van der Waals surface area (Å²) in [6.45, 7) is -0.629. The summed E-state index contributed by atoms with van der Waals surface area (Å²) in [5.74, 6) is -1.82. The van der Waals surface area contributed by atoms with Gasteiger partial charge in [-0.15, -0.1) is 0 Å². The van der Waals surface area contributed by atoms with Crippen molar-refractivity contribution in [1.29, 1.82) is 0 Å². The molecule has 0 fully saturated rings. The fraction of sp³-hybridized carbons (Fsp3) is 0.111. The van der Waals surface area contributed by atoms with Crippen molar-refractivity contribution in [2.24, 2.45) is 0 Å². The minimum absolute atomic E-state index is 0.00232. The molecule has 2 N–H and O–H groups in total. The molecule has 0 radical (unpaired) electrons. The van der Waals surface area contributed by atoms with Gasteiger partial charge in [-0.25, -0.2) is 13.2 Å². The van der Waals surface area contributed by atoms with Crippen LogP contribution < -0.4 is 9.64 Å². The standard InChI is InChI=1S/C36H32N2O7S/c1-45-31-17-12-27(13-18-31)24-38(30-16-21-34(39)33(22-30)36(41)42)35(40)25-37(23-26-8-4-2-5-9-26)46(43,44)32-19-14-29(15-20-32)28-10-6-3-7-11-28/h2-22,39H,23-25H2,1H3,(H,41,42). The zero-order chi connectivity index (χ0) is 32.7. The molecule has 0 unspecified atom stereocenters. The van der Waals surface area contributed by atoms with Crippen molar-refractivity contribution in [1.82, 2.24) is 4.31 Å². The lowest BCUT2D eigenvalue weighted by atomic mass is 10.1. The number of carboxylic acids is 1. The number of sulfonamides is 1. The largest absolute Gasteiger partial charge is 0.507 e. The van der Waals surface area contributed by atoms with E-state index in [1.807, 2.05) is 36.4 Å². The van der Waals surface area contributed by atoms with Crippen molar-refractivity contribution < 1.29 is 33.0 Å². The van der Waals surface area contributed by atoms with E-state index in [1.54, 1.807) is 60.7 Å². The molecule has 0 atom stereocenters. The lowest BCUT2D eigenvalue weighted by Gasteiger charge is -2.28. The quantitative estimate of drug-likeness (QED) is 0.167. The van der Waals surface area contributed by atoms with Gasteiger partial charge in [-0.3, -0.25) is 4.79 Å². The number of nitrogens with zero attached hydrogens (tertiary/aromatic N) is 2. The summed E-state index contributed by atoms with van der Waals surface area (Å²) in [5.41, 5.74) is 2.94. The lowest BCUT2D eigenvalue weighted by Crippen LogP contribution is -2.42. The Kier molecular flexibility index (Phi) is 9.80. The van der Waals surface area contributed by atoms with Crippen molar-refractivity contribution in [3.8, 4) is 22.6 Å². The first kappa shape index (κ1) is 32.0. The van der Waals surface area contributed by atoms with Gasteiger partial charge < -0.3 is 19.8 Å². The van der Waals surface area contributed by atoms with Crippen LogP contribution in [-0.2, 0) is 27.9 Å². The molecule has 5 aromatic rings. The van der Waals surface area contributed by atoms with E-state index >= 15 is 0 Å². The minimum atomic E-state index is -4.18. The fourth-order valence-corrected chi connectivity index (χ4v) is 6.33. The molecule has 0 bridgehead atoms. The highest BCUT2D eigenvalue weighted by Crippen LogP contribution is 2.28. The Hall–Kier alpha value is -5.45. The molecule has 0 aliphatic heterocycles. The molecule has 1 amide bonds. The average Bonchev–Trinajstić information content (AvgIpc) is 3.08. The predicted octanol–water partition coefficient (Wildman–Crippen LogP) is 6.19. The molecule has 46 heavy (non-hydrogen) atoms. The van der Waals surface area contributed by atoms with Crippen molar-refractivity contribution in [2.45, 2.75) is 18.0 Å². The fourth-order valence-electron chi connectivity index (χ4n) is 4.95. The van der Waals surface area contributed by atoms with E-state index in [1.165, 1.54) is 42.3 Å². The first-order valence-corrected chi connectivity index (χ1v) is 15.8. The molecule has 234 valence electrons. The van der Waals surface area contributed by atoms with Gasteiger partial charge >= 0.3 is 5.97 Å². The maximum atomic E-state index is 14.1. The number of hydrogen-bond acceptors (Lipinski definition) is 6. The van der Waals surface area contributed by atoms with Crippen molar-refractivity contribution in [3.63, 3.8) is 0 Å². The van der Waals surface area contributed by atoms with E-state index in [4.69, 9.17) is 4.74 Å². The van der Waals surface area contributed by atoms with E-state index in [9.17, 15) is 28.2 Å². The number of carbonyl (C=O) groups is 2. The number of rotatable bonds is 12. The highest BCUT2D eigenvalue weighted by molar-refractivity contribution is 7.89. The lowest BCUT2D eigenvalue weighted by molar-refractivity contribution is -0.119. The van der Waals surface area contributed by atoms with Gasteiger partial charge in [-0.1, -0.05) is 84.9 Å². The van der Waals surface area contributed by atoms with Gasteiger partial charge in [-0.2, -0.15) is 4.31 Å². The Morgan fingerprint density at radius 3 is 1.91 bits per heavy atom. The van der Waals surface area contributed by atoms with Gasteiger partial charge in [0.2, 0.25) is 15.9 Å². The number of benzene rings is 5. The molecule has 10 heteroatoms. The first-order chi connectivity index (χ1) is 22.2. The third kappa shape index (κ3) is 7.43. The number of amides is 1. The van der Waals surface area contributed by atoms with Crippen LogP contribution in [0.5, 0.6) is 11.5 Å². The van der Waals surface area contributed by atoms with Gasteiger partial charge in [0, 0.05) is 12.2 Å². The maximum absolute atomic E-state index is 14.1. The van der Waals surface area contributed by atoms with Gasteiger partial charge in [0.15, 0.2) is 0 Å². The van der Waals surface area contributed by atoms with E-state index in [0.717, 1.165) is 15.4 Å². The molecular formula is C36H32N2O7S. The van der Waals surface area contributed by atoms with Crippen LogP contribution in [0.1, 0.15) is 21.5 Å². The van der Waals surface area contributed by atoms with Crippen LogP contribution in [0.4, 0.5) is 5.69 Å². The van der Waals surface area contributed by atoms with Gasteiger partial charge in [-0.05, 0) is 64.7 Å². The van der Waals surface area contributed by atoms with Crippen molar-refractivity contribution in [3.05, 3.63) is 144 Å². The summed E-state index contributed by atoms with van der Waals surface area (Å²) in [5, 5.41) is 19.7. The van der Waals surface area contributed by atoms with E-state index in [0.29, 0.717) is 16.9 Å². The number of carboxylic acid groups (broad SMARTS) is 1. The SMILES string of the molecule is COc1ccc(CN(C(=O)CN(Cc2ccccc2)S(=O)(=O)c2ccc(-c3ccccc3)cc2)c2ccc(O)c(C(=O)O)c2)cc1. The number of aromatic hydroxyl groups is 1. The molecule has 0 spiro atoms. The number of anilines is 1. The van der Waals surface area contributed by atoms with Gasteiger partial charge in [0.05, 0.1) is 25.1 Å². The van der Waals surface area contributed by atoms with Crippen LogP contribution in [0.3, 0.4) is 0 Å². The van der Waals surface area contributed by atoms with Crippen LogP contribution in [0.15, 0.2) is 132 Å². The van der Waals surface area contributed by atoms with Crippen molar-refractivity contribution in [2.75, 3.05) is 18.6 Å². The second kappa shape index (κ2) is 14.1. The van der Waals surface area contributed by atoms with Gasteiger partial charge in [0.1, 0.15) is 17.1 Å². The molecule has 0 aliphatic rings. The topological polar surface area (TPSA) is 124 Å². The number of carbonyl (C=O) groups excluding carboxylic acids is 1. The van der Waals surface area contributed by atoms with Gasteiger partial charge in [0.25, 0.3) is 0 Å². The number of hydrogen-bond donors (Lipinski definition) is 2. The smallest absolute Gasteiger partial charge is 0.339 e. The Morgan fingerprint density at radius 1 is 0.717 bits per heavy atom. The maximum Gasteiger partial charge on any atom is 0.339 e. The number of ether oxygens (including phenoxy) is 1. The van der Waals surface area contributed by atoms with Crippen LogP contribution in [-0.4, -0.2) is 48.5 Å². The third-order valence-electron chi connectivity index (χ3n) is 7.44. The summed E-state index contributed by atoms with van der Waals surface area (Å²) < 4.78 is 34.6. The monoisotopic (exact) mass is 636 g/mol. The Morgan fingerprint density at radius 2 is 1.30 bits per heavy atom. The molecule has 0 saturated carbocycles. The van der Waals surface area contributed by atoms with Crippen LogP contribution in [0.25, 0.3) is 11.1 Å². The highest BCUT2D eigenvalue weighted by Gasteiger charge is 2.30. The molecule has 0 aliphatic carbocycles. The summed E-state index contributed by atoms with van der Waals surface area (Å²) in [6.07, 6.45) is 0. The van der Waals surface area contributed by atoms with Crippen LogP contribution in [0.2, 0.25) is 0 Å². The van der Waals surface area contributed by atoms with Crippen LogP contribution >= 0.6 is 0 Å². The normalized spacial score (nSPS) is 11.3. The summed E-state index contributed by atoms with van der Waals surface area (Å²) in [7, 11) is -2.65. The minimum Gasteiger partial charge on any atom is -0.507 e. The summed E-state index contributed by atoms with van der Waals surface area (Å²) in [4.78, 5) is 27.3.